The number of carbonyl (C=O) groups excluding carboxylic acids is 1. The molecule has 1 aliphatic heterocycles. The van der Waals surface area contributed by atoms with E-state index in [9.17, 15) is 18.0 Å². The van der Waals surface area contributed by atoms with Crippen LogP contribution in [0.5, 0.6) is 0 Å². The van der Waals surface area contributed by atoms with Crippen molar-refractivity contribution >= 4 is 37.3 Å². The lowest BCUT2D eigenvalue weighted by Gasteiger charge is -2.23. The Morgan fingerprint density at radius 2 is 2.17 bits per heavy atom. The fraction of sp³-hybridized carbons (Fsp3) is 0.533. The number of carbonyl (C=O) groups is 1. The third-order valence-electron chi connectivity index (χ3n) is 4.61. The van der Waals surface area contributed by atoms with E-state index in [-0.39, 0.29) is 35.6 Å². The first-order valence-electron chi connectivity index (χ1n) is 7.61. The molecule has 2 aromatic heterocycles. The zero-order valence-corrected chi connectivity index (χ0v) is 15.4. The van der Waals surface area contributed by atoms with Crippen LogP contribution in [0.15, 0.2) is 11.1 Å². The summed E-state index contributed by atoms with van der Waals surface area (Å²) < 4.78 is 24.4. The van der Waals surface area contributed by atoms with Crippen molar-refractivity contribution in [2.24, 2.45) is 0 Å². The zero-order valence-electron chi connectivity index (χ0n) is 13.8. The highest BCUT2D eigenvalue weighted by Gasteiger charge is 2.32. The van der Waals surface area contributed by atoms with E-state index in [2.05, 4.69) is 4.98 Å². The second-order valence-electron chi connectivity index (χ2n) is 6.20. The molecule has 7 nitrogen and oxygen atoms in total. The fourth-order valence-electron chi connectivity index (χ4n) is 2.92. The van der Waals surface area contributed by atoms with Gasteiger partial charge in [0.1, 0.15) is 11.4 Å². The first-order valence-corrected chi connectivity index (χ1v) is 10.2. The summed E-state index contributed by atoms with van der Waals surface area (Å²) in [7, 11) is -1.47. The number of nitrogens with zero attached hydrogens (tertiary/aromatic N) is 3. The van der Waals surface area contributed by atoms with Gasteiger partial charge in [-0.2, -0.15) is 0 Å². The molecule has 9 heteroatoms. The molecule has 0 unspecified atom stereocenters. The van der Waals surface area contributed by atoms with Gasteiger partial charge in [0.05, 0.1) is 23.2 Å². The lowest BCUT2D eigenvalue weighted by molar-refractivity contribution is -0.132. The molecule has 1 saturated heterocycles. The molecule has 0 aliphatic carbocycles. The van der Waals surface area contributed by atoms with Crippen LogP contribution in [0.4, 0.5) is 0 Å². The van der Waals surface area contributed by atoms with Crippen LogP contribution < -0.4 is 5.56 Å². The molecule has 1 fully saturated rings. The number of aryl methyl sites for hydroxylation is 2. The second kappa shape index (κ2) is 5.96. The number of likely N-dealkylation sites (N-methyl/N-ethyl adjacent to an activating group) is 1. The van der Waals surface area contributed by atoms with E-state index >= 15 is 0 Å². The average molecular weight is 369 g/mol. The highest BCUT2D eigenvalue weighted by molar-refractivity contribution is 7.91. The smallest absolute Gasteiger partial charge is 0.262 e. The van der Waals surface area contributed by atoms with E-state index in [1.54, 1.807) is 7.05 Å². The number of hydrogen-bond donors (Lipinski definition) is 0. The summed E-state index contributed by atoms with van der Waals surface area (Å²) >= 11 is 1.46. The monoisotopic (exact) mass is 369 g/mol. The predicted molar refractivity (Wildman–Crippen MR) is 93.2 cm³/mol. The molecule has 1 atom stereocenters. The zero-order chi connectivity index (χ0) is 17.6. The van der Waals surface area contributed by atoms with Gasteiger partial charge in [-0.15, -0.1) is 11.3 Å². The standard InChI is InChI=1S/C15H19N3O4S2/c1-9-10(2)23-14-13(9)15(20)18(8-16-14)6-12(19)17(3)11-4-5-24(21,22)7-11/h8,11H,4-7H2,1-3H3/t11-/m0/s1. The normalized spacial score (nSPS) is 19.7. The Morgan fingerprint density at radius 3 is 2.79 bits per heavy atom. The van der Waals surface area contributed by atoms with Gasteiger partial charge in [0.25, 0.3) is 5.56 Å². The highest BCUT2D eigenvalue weighted by atomic mass is 32.2. The molecule has 130 valence electrons. The molecule has 24 heavy (non-hydrogen) atoms. The minimum Gasteiger partial charge on any atom is -0.340 e. The SMILES string of the molecule is Cc1sc2ncn(CC(=O)N(C)[C@H]3CCS(=O)(=O)C3)c(=O)c2c1C. The molecule has 0 N–H and O–H groups in total. The van der Waals surface area contributed by atoms with Gasteiger partial charge in [-0.05, 0) is 25.8 Å². The summed E-state index contributed by atoms with van der Waals surface area (Å²) in [5.74, 6) is -0.189. The summed E-state index contributed by atoms with van der Waals surface area (Å²) in [5, 5.41) is 0.555. The van der Waals surface area contributed by atoms with Crippen LogP contribution in [0, 0.1) is 13.8 Å². The van der Waals surface area contributed by atoms with Gasteiger partial charge in [-0.1, -0.05) is 0 Å². The third-order valence-corrected chi connectivity index (χ3v) is 7.48. The number of thiophene rings is 1. The topological polar surface area (TPSA) is 89.3 Å². The van der Waals surface area contributed by atoms with Crippen molar-refractivity contribution in [3.05, 3.63) is 27.1 Å². The summed E-state index contributed by atoms with van der Waals surface area (Å²) in [5.41, 5.74) is 0.659. The fourth-order valence-corrected chi connectivity index (χ4v) is 5.69. The van der Waals surface area contributed by atoms with Gasteiger partial charge in [-0.3, -0.25) is 14.2 Å². The van der Waals surface area contributed by atoms with Crippen LogP contribution in [-0.4, -0.2) is 53.4 Å². The summed E-state index contributed by atoms with van der Waals surface area (Å²) in [6, 6.07) is -0.319. The molecule has 3 rings (SSSR count). The summed E-state index contributed by atoms with van der Waals surface area (Å²) in [6.07, 6.45) is 1.83. The molecular weight excluding hydrogens is 350 g/mol. The van der Waals surface area contributed by atoms with E-state index in [4.69, 9.17) is 0 Å². The van der Waals surface area contributed by atoms with Crippen molar-refractivity contribution in [2.45, 2.75) is 32.9 Å². The molecule has 0 spiro atoms. The van der Waals surface area contributed by atoms with Crippen molar-refractivity contribution in [2.75, 3.05) is 18.6 Å². The van der Waals surface area contributed by atoms with Crippen molar-refractivity contribution in [1.82, 2.24) is 14.5 Å². The first kappa shape index (κ1) is 17.1. The number of sulfone groups is 1. The van der Waals surface area contributed by atoms with Crippen LogP contribution in [-0.2, 0) is 21.2 Å². The molecule has 0 bridgehead atoms. The minimum absolute atomic E-state index is 0.00967. The van der Waals surface area contributed by atoms with Crippen LogP contribution >= 0.6 is 11.3 Å². The quantitative estimate of drug-likeness (QED) is 0.795. The van der Waals surface area contributed by atoms with E-state index < -0.39 is 9.84 Å². The van der Waals surface area contributed by atoms with Crippen LogP contribution in [0.3, 0.4) is 0 Å². The van der Waals surface area contributed by atoms with E-state index in [1.807, 2.05) is 13.8 Å². The van der Waals surface area contributed by atoms with E-state index in [0.29, 0.717) is 16.6 Å². The van der Waals surface area contributed by atoms with Crippen LogP contribution in [0.25, 0.3) is 10.2 Å². The van der Waals surface area contributed by atoms with Crippen LogP contribution in [0.1, 0.15) is 16.9 Å². The molecule has 2 aromatic rings. The maximum Gasteiger partial charge on any atom is 0.262 e. The van der Waals surface area contributed by atoms with Gasteiger partial charge in [-0.25, -0.2) is 13.4 Å². The molecule has 1 aliphatic rings. The van der Waals surface area contributed by atoms with Crippen molar-refractivity contribution in [3.63, 3.8) is 0 Å². The summed E-state index contributed by atoms with van der Waals surface area (Å²) in [4.78, 5) is 32.5. The Morgan fingerprint density at radius 1 is 1.46 bits per heavy atom. The lowest BCUT2D eigenvalue weighted by Crippen LogP contribution is -2.41. The lowest BCUT2D eigenvalue weighted by atomic mass is 10.2. The number of aromatic nitrogens is 2. The highest BCUT2D eigenvalue weighted by Crippen LogP contribution is 2.25. The predicted octanol–water partition coefficient (Wildman–Crippen LogP) is 0.720. The Labute approximate surface area is 143 Å². The van der Waals surface area contributed by atoms with E-state index in [1.165, 1.54) is 27.1 Å². The van der Waals surface area contributed by atoms with Gasteiger partial charge >= 0.3 is 0 Å². The van der Waals surface area contributed by atoms with E-state index in [0.717, 1.165) is 10.4 Å². The number of amides is 1. The third kappa shape index (κ3) is 2.98. The number of rotatable bonds is 3. The first-order chi connectivity index (χ1) is 11.2. The summed E-state index contributed by atoms with van der Waals surface area (Å²) in [6.45, 7) is 3.67. The number of fused-ring (bicyclic) bond motifs is 1. The van der Waals surface area contributed by atoms with Crippen LogP contribution in [0.2, 0.25) is 0 Å². The number of hydrogen-bond acceptors (Lipinski definition) is 6. The Bertz CT molecular complexity index is 975. The maximum atomic E-state index is 12.6. The second-order valence-corrected chi connectivity index (χ2v) is 9.63. The molecule has 1 amide bonds. The maximum absolute atomic E-state index is 12.6. The van der Waals surface area contributed by atoms with Gasteiger partial charge < -0.3 is 4.90 Å². The molecule has 0 saturated carbocycles. The molecule has 0 aromatic carbocycles. The molecule has 0 radical (unpaired) electrons. The minimum atomic E-state index is -3.06. The van der Waals surface area contributed by atoms with Gasteiger partial charge in [0.15, 0.2) is 9.84 Å². The van der Waals surface area contributed by atoms with Crippen molar-refractivity contribution < 1.29 is 13.2 Å². The Kier molecular flexibility index (Phi) is 4.25. The van der Waals surface area contributed by atoms with Crippen molar-refractivity contribution in [1.29, 1.82) is 0 Å². The Hall–Kier alpha value is -1.74. The van der Waals surface area contributed by atoms with Gasteiger partial charge in [0.2, 0.25) is 5.91 Å². The average Bonchev–Trinajstić information content (AvgIpc) is 3.02. The molecular formula is C15H19N3O4S2. The largest absolute Gasteiger partial charge is 0.340 e. The van der Waals surface area contributed by atoms with Gasteiger partial charge in [0, 0.05) is 18.0 Å². The van der Waals surface area contributed by atoms with Crippen molar-refractivity contribution in [3.8, 4) is 0 Å². The molecule has 3 heterocycles. The Balaban J connectivity index is 1.84.